The molecule has 2 N–H and O–H groups in total. The largest absolute Gasteiger partial charge is 0.506 e. The van der Waals surface area contributed by atoms with Crippen molar-refractivity contribution in [3.63, 3.8) is 0 Å². The van der Waals surface area contributed by atoms with E-state index in [0.29, 0.717) is 51.6 Å². The van der Waals surface area contributed by atoms with Crippen LogP contribution >= 0.6 is 11.6 Å². The zero-order chi connectivity index (χ0) is 33.3. The summed E-state index contributed by atoms with van der Waals surface area (Å²) >= 11 is 6.00. The summed E-state index contributed by atoms with van der Waals surface area (Å²) in [6.45, 7) is 4.47. The number of rotatable bonds is 7. The maximum Gasteiger partial charge on any atom is 0.420 e. The molecule has 4 amide bonds. The standard InChI is InChI=1S/C34H41ClF3N5O4/c35-28-19-22(18-27(31(28)45)34(36,37)38)17-24(32(46)42-15-7-25(8-16-42)40-11-3-4-12-40)20-30(44)41-13-9-26(10-14-41)43-21-23-5-1-2-6-29(23)39-33(43)47/h1-2,5-6,18-19,24-26,45H,3-4,7-17,20-21H2,(H,39,47)/t24-/m0/s1. The summed E-state index contributed by atoms with van der Waals surface area (Å²) in [6, 6.07) is 9.89. The molecular formula is C34H41ClF3N5O4. The first-order valence-corrected chi connectivity index (χ1v) is 16.9. The number of fused-ring (bicyclic) bond motifs is 1. The number of urea groups is 1. The number of halogens is 4. The number of hydrogen-bond donors (Lipinski definition) is 2. The number of benzene rings is 2. The Balaban J connectivity index is 1.13. The summed E-state index contributed by atoms with van der Waals surface area (Å²) in [5, 5.41) is 12.5. The predicted molar refractivity (Wildman–Crippen MR) is 171 cm³/mol. The van der Waals surface area contributed by atoms with Gasteiger partial charge in [-0.3, -0.25) is 9.59 Å². The second kappa shape index (κ2) is 13.9. The third kappa shape index (κ3) is 7.48. The maximum atomic E-state index is 14.0. The first-order chi connectivity index (χ1) is 22.5. The third-order valence-electron chi connectivity index (χ3n) is 10.2. The Morgan fingerprint density at radius 2 is 1.57 bits per heavy atom. The Morgan fingerprint density at radius 1 is 0.936 bits per heavy atom. The molecule has 0 aromatic heterocycles. The van der Waals surface area contributed by atoms with Crippen molar-refractivity contribution >= 4 is 35.1 Å². The van der Waals surface area contributed by atoms with E-state index in [4.69, 9.17) is 11.6 Å². The highest BCUT2D eigenvalue weighted by Gasteiger charge is 2.38. The first kappa shape index (κ1) is 33.4. The maximum absolute atomic E-state index is 14.0. The van der Waals surface area contributed by atoms with E-state index in [-0.39, 0.29) is 42.3 Å². The monoisotopic (exact) mass is 675 g/mol. The van der Waals surface area contributed by atoms with Crippen LogP contribution in [-0.2, 0) is 28.7 Å². The van der Waals surface area contributed by atoms with Crippen LogP contribution in [0.25, 0.3) is 0 Å². The first-order valence-electron chi connectivity index (χ1n) is 16.5. The lowest BCUT2D eigenvalue weighted by Gasteiger charge is -2.41. The van der Waals surface area contributed by atoms with Crippen LogP contribution in [0.1, 0.15) is 61.6 Å². The highest BCUT2D eigenvalue weighted by Crippen LogP contribution is 2.41. The highest BCUT2D eigenvalue weighted by atomic mass is 35.5. The Kier molecular flexibility index (Phi) is 9.89. The number of hydrogen-bond acceptors (Lipinski definition) is 5. The molecule has 6 rings (SSSR count). The molecule has 4 aliphatic rings. The summed E-state index contributed by atoms with van der Waals surface area (Å²) in [4.78, 5) is 48.2. The van der Waals surface area contributed by atoms with Gasteiger partial charge in [0.05, 0.1) is 16.5 Å². The van der Waals surface area contributed by atoms with E-state index in [1.807, 2.05) is 24.3 Å². The molecule has 0 saturated carbocycles. The van der Waals surface area contributed by atoms with Crippen LogP contribution in [-0.4, -0.2) is 93.9 Å². The Hall–Kier alpha value is -3.51. The van der Waals surface area contributed by atoms with E-state index in [1.54, 1.807) is 14.7 Å². The summed E-state index contributed by atoms with van der Waals surface area (Å²) in [7, 11) is 0. The van der Waals surface area contributed by atoms with E-state index in [0.717, 1.165) is 43.2 Å². The van der Waals surface area contributed by atoms with Crippen molar-refractivity contribution in [2.75, 3.05) is 44.6 Å². The lowest BCUT2D eigenvalue weighted by atomic mass is 9.91. The van der Waals surface area contributed by atoms with Gasteiger partial charge in [0.25, 0.3) is 0 Å². The topological polar surface area (TPSA) is 96.4 Å². The van der Waals surface area contributed by atoms with Gasteiger partial charge in [0.2, 0.25) is 11.8 Å². The number of likely N-dealkylation sites (tertiary alicyclic amines) is 3. The van der Waals surface area contributed by atoms with Crippen molar-refractivity contribution in [2.24, 2.45) is 5.92 Å². The van der Waals surface area contributed by atoms with Crippen molar-refractivity contribution < 1.29 is 32.7 Å². The van der Waals surface area contributed by atoms with Gasteiger partial charge in [-0.05, 0) is 87.4 Å². The molecule has 9 nitrogen and oxygen atoms in total. The van der Waals surface area contributed by atoms with Gasteiger partial charge in [-0.25, -0.2) is 4.79 Å². The molecule has 0 aliphatic carbocycles. The van der Waals surface area contributed by atoms with Gasteiger partial charge in [0, 0.05) is 56.9 Å². The Labute approximate surface area is 277 Å². The molecule has 0 bridgehead atoms. The number of piperidine rings is 2. The van der Waals surface area contributed by atoms with Gasteiger partial charge in [0.15, 0.2) is 0 Å². The number of amides is 4. The minimum absolute atomic E-state index is 0.0540. The van der Waals surface area contributed by atoms with E-state index in [2.05, 4.69) is 10.2 Å². The lowest BCUT2D eigenvalue weighted by molar-refractivity contribution is -0.143. The van der Waals surface area contributed by atoms with Gasteiger partial charge in [0.1, 0.15) is 5.75 Å². The number of carbonyl (C=O) groups is 3. The average molecular weight is 676 g/mol. The molecular weight excluding hydrogens is 635 g/mol. The fourth-order valence-corrected chi connectivity index (χ4v) is 7.86. The molecule has 4 heterocycles. The second-order valence-corrected chi connectivity index (χ2v) is 13.6. The van der Waals surface area contributed by atoms with Crippen molar-refractivity contribution in [3.8, 4) is 5.75 Å². The summed E-state index contributed by atoms with van der Waals surface area (Å²) in [5.74, 6) is -2.45. The van der Waals surface area contributed by atoms with Crippen molar-refractivity contribution in [3.05, 3.63) is 58.1 Å². The molecule has 47 heavy (non-hydrogen) atoms. The van der Waals surface area contributed by atoms with Gasteiger partial charge >= 0.3 is 12.2 Å². The van der Waals surface area contributed by atoms with E-state index < -0.39 is 28.4 Å². The van der Waals surface area contributed by atoms with Gasteiger partial charge in [-0.2, -0.15) is 13.2 Å². The smallest absolute Gasteiger partial charge is 0.420 e. The number of carbonyl (C=O) groups excluding carboxylic acids is 3. The van der Waals surface area contributed by atoms with Crippen LogP contribution in [0.3, 0.4) is 0 Å². The van der Waals surface area contributed by atoms with E-state index in [1.165, 1.54) is 18.9 Å². The van der Waals surface area contributed by atoms with Crippen LogP contribution in [0, 0.1) is 5.92 Å². The van der Waals surface area contributed by atoms with E-state index in [9.17, 15) is 32.7 Å². The summed E-state index contributed by atoms with van der Waals surface area (Å²) in [5.41, 5.74) is 0.692. The molecule has 13 heteroatoms. The molecule has 2 aromatic carbocycles. The number of alkyl halides is 3. The molecule has 2 aromatic rings. The number of nitrogens with one attached hydrogen (secondary N) is 1. The number of aromatic hydroxyl groups is 1. The molecule has 4 aliphatic heterocycles. The highest BCUT2D eigenvalue weighted by molar-refractivity contribution is 6.32. The molecule has 1 atom stereocenters. The SMILES string of the molecule is O=C(C[C@H](Cc1cc(Cl)c(O)c(C(F)(F)F)c1)C(=O)N1CCC(N2CCCC2)CC1)N1CCC(N2Cc3ccccc3NC2=O)CC1. The normalized spacial score (nSPS) is 20.7. The zero-order valence-corrected chi connectivity index (χ0v) is 27.0. The quantitative estimate of drug-likeness (QED) is 0.391. The zero-order valence-electron chi connectivity index (χ0n) is 26.3. The fourth-order valence-electron chi connectivity index (χ4n) is 7.62. The van der Waals surface area contributed by atoms with Crippen LogP contribution < -0.4 is 5.32 Å². The number of phenolic OH excluding ortho intramolecular Hbond substituents is 1. The Morgan fingerprint density at radius 3 is 2.26 bits per heavy atom. The van der Waals surface area contributed by atoms with Crippen LogP contribution in [0.2, 0.25) is 5.02 Å². The third-order valence-corrected chi connectivity index (χ3v) is 10.5. The van der Waals surface area contributed by atoms with Gasteiger partial charge in [-0.1, -0.05) is 29.8 Å². The molecule has 3 fully saturated rings. The molecule has 0 spiro atoms. The number of phenols is 1. The molecule has 254 valence electrons. The number of para-hydroxylation sites is 1. The van der Waals surface area contributed by atoms with Crippen LogP contribution in [0.5, 0.6) is 5.75 Å². The van der Waals surface area contributed by atoms with Crippen molar-refractivity contribution in [1.82, 2.24) is 19.6 Å². The molecule has 0 unspecified atom stereocenters. The average Bonchev–Trinajstić information content (AvgIpc) is 3.60. The molecule has 3 saturated heterocycles. The summed E-state index contributed by atoms with van der Waals surface area (Å²) < 4.78 is 41.1. The van der Waals surface area contributed by atoms with Gasteiger partial charge in [-0.15, -0.1) is 0 Å². The van der Waals surface area contributed by atoms with Crippen LogP contribution in [0.15, 0.2) is 36.4 Å². The number of nitrogens with zero attached hydrogens (tertiary/aromatic N) is 4. The van der Waals surface area contributed by atoms with Crippen molar-refractivity contribution in [2.45, 2.75) is 76.2 Å². The Bertz CT molecular complexity index is 1480. The van der Waals surface area contributed by atoms with Crippen molar-refractivity contribution in [1.29, 1.82) is 0 Å². The van der Waals surface area contributed by atoms with E-state index >= 15 is 0 Å². The fraction of sp³-hybridized carbons (Fsp3) is 0.559. The van der Waals surface area contributed by atoms with Crippen LogP contribution in [0.4, 0.5) is 23.7 Å². The minimum Gasteiger partial charge on any atom is -0.506 e. The molecule has 0 radical (unpaired) electrons. The number of anilines is 1. The minimum atomic E-state index is -4.84. The second-order valence-electron chi connectivity index (χ2n) is 13.2. The summed E-state index contributed by atoms with van der Waals surface area (Å²) in [6.07, 6.45) is 0.0167. The van der Waals surface area contributed by atoms with Gasteiger partial charge < -0.3 is 30.0 Å². The predicted octanol–water partition coefficient (Wildman–Crippen LogP) is 5.74. The lowest BCUT2D eigenvalue weighted by Crippen LogP contribution is -2.51.